The van der Waals surface area contributed by atoms with Gasteiger partial charge in [-0.05, 0) is 31.6 Å². The van der Waals surface area contributed by atoms with Gasteiger partial charge in [0.15, 0.2) is 0 Å². The van der Waals surface area contributed by atoms with E-state index in [0.29, 0.717) is 5.57 Å². The van der Waals surface area contributed by atoms with E-state index in [0.717, 1.165) is 11.3 Å². The summed E-state index contributed by atoms with van der Waals surface area (Å²) in [7, 11) is 0. The van der Waals surface area contributed by atoms with Gasteiger partial charge in [0.1, 0.15) is 5.76 Å². The number of aliphatic hydroxyl groups excluding tert-OH is 1. The molecule has 68 valence electrons. The Bertz CT molecular complexity index is 353. The lowest BCUT2D eigenvalue weighted by Crippen LogP contribution is -1.94. The molecule has 0 saturated heterocycles. The third kappa shape index (κ3) is 1.96. The summed E-state index contributed by atoms with van der Waals surface area (Å²) in [6.07, 6.45) is 3.30. The summed E-state index contributed by atoms with van der Waals surface area (Å²) >= 11 is 0. The lowest BCUT2D eigenvalue weighted by Gasteiger charge is -2.06. The highest BCUT2D eigenvalue weighted by molar-refractivity contribution is 5.74. The van der Waals surface area contributed by atoms with Crippen LogP contribution < -0.4 is 0 Å². The minimum Gasteiger partial charge on any atom is -0.508 e. The topological polar surface area (TPSA) is 33.1 Å². The van der Waals surface area contributed by atoms with Crippen LogP contribution in [0.25, 0.3) is 5.57 Å². The van der Waals surface area contributed by atoms with Crippen molar-refractivity contribution in [3.05, 3.63) is 48.0 Å². The molecule has 1 heterocycles. The van der Waals surface area contributed by atoms with Gasteiger partial charge in [-0.25, -0.2) is 0 Å². The van der Waals surface area contributed by atoms with Gasteiger partial charge in [0.25, 0.3) is 0 Å². The number of rotatable bonds is 2. The molecule has 0 amide bonds. The molecule has 0 aliphatic carbocycles. The average Bonchev–Trinajstić information content (AvgIpc) is 2.16. The maximum atomic E-state index is 9.43. The fraction of sp³-hybridized carbons (Fsp3) is 0.182. The van der Waals surface area contributed by atoms with Crippen LogP contribution in [0.2, 0.25) is 0 Å². The molecule has 1 N–H and O–H groups in total. The molecule has 2 heteroatoms. The van der Waals surface area contributed by atoms with E-state index >= 15 is 0 Å². The molecule has 0 aliphatic rings. The first-order chi connectivity index (χ1) is 6.16. The summed E-state index contributed by atoms with van der Waals surface area (Å²) in [6, 6.07) is 3.80. The smallest absolute Gasteiger partial charge is 0.120 e. The summed E-state index contributed by atoms with van der Waals surface area (Å²) < 4.78 is 0. The molecule has 0 saturated carbocycles. The van der Waals surface area contributed by atoms with Gasteiger partial charge < -0.3 is 5.11 Å². The van der Waals surface area contributed by atoms with E-state index in [1.54, 1.807) is 19.2 Å². The van der Waals surface area contributed by atoms with Gasteiger partial charge in [0, 0.05) is 11.8 Å². The summed E-state index contributed by atoms with van der Waals surface area (Å²) in [5, 5.41) is 9.43. The quantitative estimate of drug-likeness (QED) is 0.553. The number of pyridine rings is 1. The van der Waals surface area contributed by atoms with E-state index in [4.69, 9.17) is 0 Å². The molecule has 0 fully saturated rings. The zero-order valence-electron chi connectivity index (χ0n) is 7.91. The van der Waals surface area contributed by atoms with Crippen molar-refractivity contribution in [1.82, 2.24) is 4.98 Å². The van der Waals surface area contributed by atoms with Crippen LogP contribution in [0.5, 0.6) is 0 Å². The lowest BCUT2D eigenvalue weighted by atomic mass is 10.1. The number of aromatic nitrogens is 1. The lowest BCUT2D eigenvalue weighted by molar-refractivity contribution is 0.436. The highest BCUT2D eigenvalue weighted by atomic mass is 16.3. The van der Waals surface area contributed by atoms with Crippen molar-refractivity contribution in [3.63, 3.8) is 0 Å². The number of hydrogen-bond acceptors (Lipinski definition) is 2. The standard InChI is InChI=1S/C11H13NO/c1-4-10(13)9(3)11-8(2)6-5-7-12-11/h4-7,13H,3H2,1-2H3/b10-4+. The molecule has 1 aromatic heterocycles. The first kappa shape index (κ1) is 9.52. The largest absolute Gasteiger partial charge is 0.508 e. The molecule has 1 rings (SSSR count). The normalized spacial score (nSPS) is 11.4. The van der Waals surface area contributed by atoms with E-state index < -0.39 is 0 Å². The monoisotopic (exact) mass is 175 g/mol. The number of hydrogen-bond donors (Lipinski definition) is 1. The highest BCUT2D eigenvalue weighted by Gasteiger charge is 2.06. The van der Waals surface area contributed by atoms with Crippen LogP contribution in [0.4, 0.5) is 0 Å². The van der Waals surface area contributed by atoms with Crippen molar-refractivity contribution >= 4 is 5.57 Å². The molecule has 2 nitrogen and oxygen atoms in total. The Labute approximate surface area is 78.3 Å². The van der Waals surface area contributed by atoms with Crippen molar-refractivity contribution in [2.45, 2.75) is 13.8 Å². The zero-order valence-corrected chi connectivity index (χ0v) is 7.91. The van der Waals surface area contributed by atoms with Crippen LogP contribution in [-0.2, 0) is 0 Å². The maximum absolute atomic E-state index is 9.43. The maximum Gasteiger partial charge on any atom is 0.120 e. The molecular formula is C11H13NO. The fourth-order valence-corrected chi connectivity index (χ4v) is 1.10. The van der Waals surface area contributed by atoms with Gasteiger partial charge in [-0.3, -0.25) is 4.98 Å². The highest BCUT2D eigenvalue weighted by Crippen LogP contribution is 2.19. The molecule has 0 unspecified atom stereocenters. The predicted molar refractivity (Wildman–Crippen MR) is 54.4 cm³/mol. The second-order valence-corrected chi connectivity index (χ2v) is 2.82. The molecule has 0 atom stereocenters. The van der Waals surface area contributed by atoms with E-state index in [-0.39, 0.29) is 5.76 Å². The van der Waals surface area contributed by atoms with Gasteiger partial charge in [0.2, 0.25) is 0 Å². The molecule has 1 aromatic rings. The van der Waals surface area contributed by atoms with Crippen LogP contribution in [0.15, 0.2) is 36.7 Å². The third-order valence-electron chi connectivity index (χ3n) is 1.88. The van der Waals surface area contributed by atoms with Crippen LogP contribution in [0.1, 0.15) is 18.2 Å². The van der Waals surface area contributed by atoms with Crippen molar-refractivity contribution in [3.8, 4) is 0 Å². The van der Waals surface area contributed by atoms with E-state index in [1.165, 1.54) is 0 Å². The van der Waals surface area contributed by atoms with Gasteiger partial charge in [-0.15, -0.1) is 0 Å². The van der Waals surface area contributed by atoms with Crippen molar-refractivity contribution < 1.29 is 5.11 Å². The number of aryl methyl sites for hydroxylation is 1. The molecule has 13 heavy (non-hydrogen) atoms. The Morgan fingerprint density at radius 1 is 1.62 bits per heavy atom. The third-order valence-corrected chi connectivity index (χ3v) is 1.88. The second-order valence-electron chi connectivity index (χ2n) is 2.82. The number of allylic oxidation sites excluding steroid dienone is 2. The Hall–Kier alpha value is -1.57. The summed E-state index contributed by atoms with van der Waals surface area (Å²) in [4.78, 5) is 4.15. The SMILES string of the molecule is C=C(/C(O)=C\C)c1ncccc1C. The Morgan fingerprint density at radius 2 is 2.31 bits per heavy atom. The van der Waals surface area contributed by atoms with Gasteiger partial charge in [0.05, 0.1) is 5.69 Å². The van der Waals surface area contributed by atoms with E-state index in [9.17, 15) is 5.11 Å². The van der Waals surface area contributed by atoms with Crippen LogP contribution in [0, 0.1) is 6.92 Å². The molecular weight excluding hydrogens is 162 g/mol. The second kappa shape index (κ2) is 3.90. The molecule has 0 bridgehead atoms. The Kier molecular flexibility index (Phi) is 2.85. The predicted octanol–water partition coefficient (Wildman–Crippen LogP) is 2.87. The van der Waals surface area contributed by atoms with Crippen molar-refractivity contribution in [2.75, 3.05) is 0 Å². The van der Waals surface area contributed by atoms with Gasteiger partial charge in [-0.2, -0.15) is 0 Å². The number of nitrogens with zero attached hydrogens (tertiary/aromatic N) is 1. The average molecular weight is 175 g/mol. The molecule has 0 aliphatic heterocycles. The Balaban J connectivity index is 3.10. The Morgan fingerprint density at radius 3 is 2.85 bits per heavy atom. The summed E-state index contributed by atoms with van der Waals surface area (Å²) in [5.74, 6) is 0.182. The summed E-state index contributed by atoms with van der Waals surface area (Å²) in [6.45, 7) is 7.48. The van der Waals surface area contributed by atoms with Gasteiger partial charge >= 0.3 is 0 Å². The van der Waals surface area contributed by atoms with Crippen LogP contribution in [0.3, 0.4) is 0 Å². The van der Waals surface area contributed by atoms with Crippen LogP contribution >= 0.6 is 0 Å². The first-order valence-corrected chi connectivity index (χ1v) is 4.13. The fourth-order valence-electron chi connectivity index (χ4n) is 1.10. The number of aliphatic hydroxyl groups is 1. The van der Waals surface area contributed by atoms with Gasteiger partial charge in [-0.1, -0.05) is 12.6 Å². The van der Waals surface area contributed by atoms with Crippen molar-refractivity contribution in [1.29, 1.82) is 0 Å². The molecule has 0 radical (unpaired) electrons. The van der Waals surface area contributed by atoms with Crippen molar-refractivity contribution in [2.24, 2.45) is 0 Å². The van der Waals surface area contributed by atoms with E-state index in [2.05, 4.69) is 11.6 Å². The summed E-state index contributed by atoms with van der Waals surface area (Å²) in [5.41, 5.74) is 2.33. The molecule has 0 aromatic carbocycles. The van der Waals surface area contributed by atoms with E-state index in [1.807, 2.05) is 19.1 Å². The minimum atomic E-state index is 0.182. The molecule has 0 spiro atoms. The van der Waals surface area contributed by atoms with Crippen LogP contribution in [-0.4, -0.2) is 10.1 Å². The first-order valence-electron chi connectivity index (χ1n) is 4.13. The minimum absolute atomic E-state index is 0.182. The zero-order chi connectivity index (χ0) is 9.84.